The first-order valence-electron chi connectivity index (χ1n) is 18.5. The van der Waals surface area contributed by atoms with Crippen molar-refractivity contribution in [1.82, 2.24) is 15.0 Å². The molecule has 0 aliphatic heterocycles. The summed E-state index contributed by atoms with van der Waals surface area (Å²) in [7, 11) is 0. The third-order valence-corrected chi connectivity index (χ3v) is 12.0. The van der Waals surface area contributed by atoms with E-state index in [4.69, 9.17) is 15.0 Å². The Morgan fingerprint density at radius 2 is 0.836 bits per heavy atom. The van der Waals surface area contributed by atoms with Gasteiger partial charge in [0.1, 0.15) is 0 Å². The molecule has 11 rings (SSSR count). The number of hydrogen-bond donors (Lipinski definition) is 0. The highest BCUT2D eigenvalue weighted by molar-refractivity contribution is 7.26. The van der Waals surface area contributed by atoms with Crippen LogP contribution in [0.15, 0.2) is 188 Å². The molecule has 0 bridgehead atoms. The summed E-state index contributed by atoms with van der Waals surface area (Å²) >= 11 is 1.79. The fraction of sp³-hybridized carbons (Fsp3) is 0. The Labute approximate surface area is 321 Å². The van der Waals surface area contributed by atoms with Crippen LogP contribution in [0.1, 0.15) is 0 Å². The van der Waals surface area contributed by atoms with Gasteiger partial charge in [-0.3, -0.25) is 0 Å². The van der Waals surface area contributed by atoms with Crippen LogP contribution in [0.5, 0.6) is 0 Å². The highest BCUT2D eigenvalue weighted by Crippen LogP contribution is 2.41. The lowest BCUT2D eigenvalue weighted by atomic mass is 9.92. The van der Waals surface area contributed by atoms with Crippen molar-refractivity contribution in [2.75, 3.05) is 0 Å². The molecule has 11 aromatic rings. The lowest BCUT2D eigenvalue weighted by Gasteiger charge is -2.14. The van der Waals surface area contributed by atoms with E-state index in [2.05, 4.69) is 188 Å². The number of aromatic nitrogens is 3. The molecule has 4 heteroatoms. The molecular weight excluding hydrogens is 687 g/mol. The third-order valence-electron chi connectivity index (χ3n) is 10.7. The Kier molecular flexibility index (Phi) is 7.35. The Morgan fingerprint density at radius 3 is 1.65 bits per heavy atom. The van der Waals surface area contributed by atoms with Crippen LogP contribution in [0.2, 0.25) is 0 Å². The van der Waals surface area contributed by atoms with Crippen molar-refractivity contribution in [3.05, 3.63) is 188 Å². The van der Waals surface area contributed by atoms with E-state index < -0.39 is 0 Å². The maximum absolute atomic E-state index is 5.31. The molecule has 0 spiro atoms. The van der Waals surface area contributed by atoms with Gasteiger partial charge in [0.2, 0.25) is 0 Å². The topological polar surface area (TPSA) is 38.7 Å². The zero-order valence-corrected chi connectivity index (χ0v) is 30.5. The van der Waals surface area contributed by atoms with Crippen molar-refractivity contribution in [2.45, 2.75) is 0 Å². The molecule has 2 aromatic heterocycles. The second-order valence-electron chi connectivity index (χ2n) is 13.9. The minimum atomic E-state index is 0.640. The van der Waals surface area contributed by atoms with Gasteiger partial charge in [0.25, 0.3) is 0 Å². The molecule has 9 aromatic carbocycles. The predicted octanol–water partition coefficient (Wildman–Crippen LogP) is 14.0. The quantitative estimate of drug-likeness (QED) is 0.166. The third kappa shape index (κ3) is 5.30. The summed E-state index contributed by atoms with van der Waals surface area (Å²) in [5.41, 5.74) is 7.58. The lowest BCUT2D eigenvalue weighted by Crippen LogP contribution is -2.01. The summed E-state index contributed by atoms with van der Waals surface area (Å²) in [4.78, 5) is 15.9. The van der Waals surface area contributed by atoms with Gasteiger partial charge in [0.05, 0.1) is 0 Å². The van der Waals surface area contributed by atoms with Crippen molar-refractivity contribution in [2.24, 2.45) is 0 Å². The van der Waals surface area contributed by atoms with Crippen LogP contribution >= 0.6 is 11.3 Å². The van der Waals surface area contributed by atoms with E-state index >= 15 is 0 Å². The first-order valence-corrected chi connectivity index (χ1v) is 19.3. The van der Waals surface area contributed by atoms with Crippen LogP contribution in [0.25, 0.3) is 109 Å². The standard InChI is InChI=1S/C51H31N3S/c1-2-14-32(15-3-1)37-28-29-44(40-22-8-6-21-39(37)40)50-52-49(53-51(54-50)45-26-13-25-43-42-24-10-11-27-47(42)55-48(43)45)35-18-12-17-33(30-35)46-31-34-16-4-5-19-36(34)38-20-7-9-23-41(38)46/h1-31H. The summed E-state index contributed by atoms with van der Waals surface area (Å²) in [5.74, 6) is 1.95. The molecular formula is C51H31N3S. The van der Waals surface area contributed by atoms with Crippen LogP contribution in [0.4, 0.5) is 0 Å². The Bertz CT molecular complexity index is 3270. The summed E-state index contributed by atoms with van der Waals surface area (Å²) < 4.78 is 2.42. The van der Waals surface area contributed by atoms with Crippen LogP contribution in [0.3, 0.4) is 0 Å². The highest BCUT2D eigenvalue weighted by Gasteiger charge is 2.19. The molecule has 0 fully saturated rings. The molecule has 0 saturated carbocycles. The van der Waals surface area contributed by atoms with E-state index in [0.717, 1.165) is 33.0 Å². The van der Waals surface area contributed by atoms with Gasteiger partial charge < -0.3 is 0 Å². The second kappa shape index (κ2) is 12.8. The minimum Gasteiger partial charge on any atom is -0.208 e. The number of benzene rings is 9. The van der Waals surface area contributed by atoms with E-state index in [0.29, 0.717) is 17.5 Å². The number of nitrogens with zero attached hydrogens (tertiary/aromatic N) is 3. The number of thiophene rings is 1. The van der Waals surface area contributed by atoms with Gasteiger partial charge in [-0.25, -0.2) is 15.0 Å². The SMILES string of the molecule is c1ccc(-c2ccc(-c3nc(-c4cccc(-c5cc6ccccc6c6ccccc56)c4)nc(-c4cccc5c4sc4ccccc45)n3)c3ccccc23)cc1. The largest absolute Gasteiger partial charge is 0.208 e. The lowest BCUT2D eigenvalue weighted by molar-refractivity contribution is 1.08. The van der Waals surface area contributed by atoms with E-state index in [1.54, 1.807) is 11.3 Å². The first kappa shape index (κ1) is 31.5. The van der Waals surface area contributed by atoms with Crippen molar-refractivity contribution >= 4 is 63.8 Å². The molecule has 0 saturated heterocycles. The number of hydrogen-bond acceptors (Lipinski definition) is 4. The summed E-state index contributed by atoms with van der Waals surface area (Å²) in [6.07, 6.45) is 0. The summed E-state index contributed by atoms with van der Waals surface area (Å²) in [5, 5.41) is 9.65. The van der Waals surface area contributed by atoms with Crippen molar-refractivity contribution in [1.29, 1.82) is 0 Å². The smallest absolute Gasteiger partial charge is 0.165 e. The van der Waals surface area contributed by atoms with E-state index in [1.807, 2.05) is 0 Å². The molecule has 2 heterocycles. The monoisotopic (exact) mass is 717 g/mol. The van der Waals surface area contributed by atoms with Gasteiger partial charge in [0, 0.05) is 36.9 Å². The fourth-order valence-corrected chi connectivity index (χ4v) is 9.36. The Morgan fingerprint density at radius 1 is 0.291 bits per heavy atom. The zero-order chi connectivity index (χ0) is 36.3. The van der Waals surface area contributed by atoms with Gasteiger partial charge >= 0.3 is 0 Å². The average Bonchev–Trinajstić information content (AvgIpc) is 3.65. The van der Waals surface area contributed by atoms with Crippen molar-refractivity contribution < 1.29 is 0 Å². The van der Waals surface area contributed by atoms with Crippen LogP contribution in [-0.4, -0.2) is 15.0 Å². The molecule has 0 radical (unpaired) electrons. The minimum absolute atomic E-state index is 0.640. The van der Waals surface area contributed by atoms with Crippen molar-refractivity contribution in [3.63, 3.8) is 0 Å². The second-order valence-corrected chi connectivity index (χ2v) is 15.0. The number of fused-ring (bicyclic) bond motifs is 7. The van der Waals surface area contributed by atoms with Crippen LogP contribution in [0, 0.1) is 0 Å². The predicted molar refractivity (Wildman–Crippen MR) is 232 cm³/mol. The first-order chi connectivity index (χ1) is 27.3. The zero-order valence-electron chi connectivity index (χ0n) is 29.6. The molecule has 0 unspecified atom stereocenters. The average molecular weight is 718 g/mol. The molecule has 0 amide bonds. The van der Waals surface area contributed by atoms with E-state index in [-0.39, 0.29) is 0 Å². The maximum atomic E-state index is 5.31. The fourth-order valence-electron chi connectivity index (χ4n) is 8.15. The maximum Gasteiger partial charge on any atom is 0.165 e. The van der Waals surface area contributed by atoms with Crippen molar-refractivity contribution in [3.8, 4) is 56.4 Å². The Balaban J connectivity index is 1.15. The summed E-state index contributed by atoms with van der Waals surface area (Å²) in [6.45, 7) is 0. The van der Waals surface area contributed by atoms with Crippen LogP contribution < -0.4 is 0 Å². The molecule has 256 valence electrons. The van der Waals surface area contributed by atoms with Gasteiger partial charge in [-0.05, 0) is 84.9 Å². The summed E-state index contributed by atoms with van der Waals surface area (Å²) in [6, 6.07) is 66.9. The normalized spacial score (nSPS) is 11.6. The molecule has 3 nitrogen and oxygen atoms in total. The molecule has 0 N–H and O–H groups in total. The van der Waals surface area contributed by atoms with E-state index in [1.165, 1.54) is 58.4 Å². The van der Waals surface area contributed by atoms with Crippen LogP contribution in [-0.2, 0) is 0 Å². The van der Waals surface area contributed by atoms with E-state index in [9.17, 15) is 0 Å². The molecule has 0 aliphatic carbocycles. The highest BCUT2D eigenvalue weighted by atomic mass is 32.1. The molecule has 55 heavy (non-hydrogen) atoms. The van der Waals surface area contributed by atoms with Gasteiger partial charge in [-0.15, -0.1) is 11.3 Å². The van der Waals surface area contributed by atoms with Gasteiger partial charge in [-0.2, -0.15) is 0 Å². The Hall–Kier alpha value is -7.01. The van der Waals surface area contributed by atoms with Gasteiger partial charge in [-0.1, -0.05) is 158 Å². The molecule has 0 aliphatic rings. The molecule has 0 atom stereocenters. The van der Waals surface area contributed by atoms with Gasteiger partial charge in [0.15, 0.2) is 17.5 Å². The number of rotatable bonds is 5.